The normalized spacial score (nSPS) is 13.0. The summed E-state index contributed by atoms with van der Waals surface area (Å²) in [6, 6.07) is 11.7. The number of hydrogen-bond acceptors (Lipinski definition) is 5. The van der Waals surface area contributed by atoms with Crippen LogP contribution < -0.4 is 5.32 Å². The van der Waals surface area contributed by atoms with E-state index in [1.807, 2.05) is 36.4 Å². The van der Waals surface area contributed by atoms with Crippen molar-refractivity contribution in [2.45, 2.75) is 25.7 Å². The molecule has 0 saturated heterocycles. The summed E-state index contributed by atoms with van der Waals surface area (Å²) in [4.78, 5) is 14.4. The summed E-state index contributed by atoms with van der Waals surface area (Å²) < 4.78 is 5.64. The Hall–Kier alpha value is -2.47. The molecule has 0 bridgehead atoms. The zero-order chi connectivity index (χ0) is 16.4. The summed E-state index contributed by atoms with van der Waals surface area (Å²) in [5.74, 6) is 1.02. The molecule has 5 nitrogen and oxygen atoms in total. The zero-order valence-corrected chi connectivity index (χ0v) is 13.9. The molecule has 0 saturated carbocycles. The molecule has 0 radical (unpaired) electrons. The Labute approximate surface area is 143 Å². The third-order valence-electron chi connectivity index (χ3n) is 4.08. The van der Waals surface area contributed by atoms with Crippen LogP contribution in [-0.2, 0) is 19.3 Å². The van der Waals surface area contributed by atoms with E-state index >= 15 is 0 Å². The van der Waals surface area contributed by atoms with Crippen LogP contribution in [0, 0.1) is 0 Å². The lowest BCUT2D eigenvalue weighted by Gasteiger charge is -2.01. The van der Waals surface area contributed by atoms with E-state index in [0.29, 0.717) is 24.7 Å². The molecule has 0 spiro atoms. The highest BCUT2D eigenvalue weighted by Gasteiger charge is 2.18. The van der Waals surface area contributed by atoms with Gasteiger partial charge in [-0.15, -0.1) is 21.5 Å². The molecular weight excluding hydrogens is 322 g/mol. The van der Waals surface area contributed by atoms with Crippen LogP contribution >= 0.6 is 11.3 Å². The molecule has 4 rings (SSSR count). The molecular formula is C18H17N3O2S. The van der Waals surface area contributed by atoms with Crippen LogP contribution in [0.2, 0.25) is 0 Å². The number of carbonyl (C=O) groups is 1. The number of aromatic nitrogens is 2. The first kappa shape index (κ1) is 15.1. The Morgan fingerprint density at radius 3 is 2.92 bits per heavy atom. The fourth-order valence-corrected chi connectivity index (χ4v) is 4.03. The number of fused-ring (bicyclic) bond motifs is 1. The van der Waals surface area contributed by atoms with Crippen LogP contribution in [0.4, 0.5) is 0 Å². The molecule has 0 aliphatic heterocycles. The number of nitrogens with one attached hydrogen (secondary N) is 1. The van der Waals surface area contributed by atoms with Gasteiger partial charge >= 0.3 is 0 Å². The van der Waals surface area contributed by atoms with E-state index in [-0.39, 0.29) is 5.91 Å². The van der Waals surface area contributed by atoms with E-state index < -0.39 is 0 Å². The van der Waals surface area contributed by atoms with Crippen molar-refractivity contribution in [3.8, 4) is 11.5 Å². The van der Waals surface area contributed by atoms with Crippen molar-refractivity contribution < 1.29 is 9.21 Å². The van der Waals surface area contributed by atoms with E-state index in [2.05, 4.69) is 15.5 Å². The van der Waals surface area contributed by atoms with Crippen molar-refractivity contribution in [2.75, 3.05) is 6.54 Å². The van der Waals surface area contributed by atoms with Gasteiger partial charge in [-0.05, 0) is 43.0 Å². The third kappa shape index (κ3) is 3.10. The molecule has 2 heterocycles. The topological polar surface area (TPSA) is 68.0 Å². The molecule has 122 valence electrons. The van der Waals surface area contributed by atoms with E-state index in [1.54, 1.807) is 11.3 Å². The van der Waals surface area contributed by atoms with Crippen molar-refractivity contribution in [1.82, 2.24) is 15.5 Å². The van der Waals surface area contributed by atoms with Gasteiger partial charge in [0, 0.05) is 23.4 Å². The van der Waals surface area contributed by atoms with Crippen LogP contribution in [0.1, 0.15) is 32.4 Å². The number of nitrogens with zero attached hydrogens (tertiary/aromatic N) is 2. The Morgan fingerprint density at radius 1 is 1.21 bits per heavy atom. The molecule has 0 fully saturated rings. The summed E-state index contributed by atoms with van der Waals surface area (Å²) in [6.45, 7) is 0.484. The molecule has 3 aromatic rings. The summed E-state index contributed by atoms with van der Waals surface area (Å²) in [5.41, 5.74) is 2.24. The first-order chi connectivity index (χ1) is 11.8. The minimum absolute atomic E-state index is 0.0165. The maximum Gasteiger partial charge on any atom is 0.261 e. The van der Waals surface area contributed by atoms with Gasteiger partial charge in [-0.1, -0.05) is 18.2 Å². The van der Waals surface area contributed by atoms with Gasteiger partial charge in [-0.2, -0.15) is 0 Å². The maximum absolute atomic E-state index is 12.2. The van der Waals surface area contributed by atoms with Crippen molar-refractivity contribution in [3.05, 3.63) is 57.6 Å². The van der Waals surface area contributed by atoms with Gasteiger partial charge in [0.15, 0.2) is 0 Å². The summed E-state index contributed by atoms with van der Waals surface area (Å²) in [7, 11) is 0. The minimum atomic E-state index is -0.0165. The second kappa shape index (κ2) is 6.57. The fourth-order valence-electron chi connectivity index (χ4n) is 2.86. The Balaban J connectivity index is 1.32. The predicted molar refractivity (Wildman–Crippen MR) is 92.1 cm³/mol. The average Bonchev–Trinajstić information content (AvgIpc) is 3.31. The molecule has 1 aliphatic rings. The Morgan fingerprint density at radius 2 is 2.08 bits per heavy atom. The monoisotopic (exact) mass is 339 g/mol. The van der Waals surface area contributed by atoms with Crippen molar-refractivity contribution in [3.63, 3.8) is 0 Å². The molecule has 1 aromatic carbocycles. The zero-order valence-electron chi connectivity index (χ0n) is 13.1. The standard InChI is InChI=1S/C18H17N3O2S/c22-17(15-11-13-7-4-8-14(13)24-15)19-10-9-16-20-21-18(23-16)12-5-2-1-3-6-12/h1-3,5-6,11H,4,7-10H2,(H,19,22). The first-order valence-electron chi connectivity index (χ1n) is 8.07. The lowest BCUT2D eigenvalue weighted by atomic mass is 10.2. The third-order valence-corrected chi connectivity index (χ3v) is 5.32. The number of benzene rings is 1. The van der Waals surface area contributed by atoms with Gasteiger partial charge in [-0.25, -0.2) is 0 Å². The number of rotatable bonds is 5. The SMILES string of the molecule is O=C(NCCc1nnc(-c2ccccc2)o1)c1cc2c(s1)CCC2. The second-order valence-corrected chi connectivity index (χ2v) is 6.92. The van der Waals surface area contributed by atoms with Crippen molar-refractivity contribution in [2.24, 2.45) is 0 Å². The van der Waals surface area contributed by atoms with Crippen LogP contribution in [0.25, 0.3) is 11.5 Å². The van der Waals surface area contributed by atoms with E-state index in [0.717, 1.165) is 23.3 Å². The molecule has 24 heavy (non-hydrogen) atoms. The fraction of sp³-hybridized carbons (Fsp3) is 0.278. The number of carbonyl (C=O) groups excluding carboxylic acids is 1. The highest BCUT2D eigenvalue weighted by Crippen LogP contribution is 2.30. The molecule has 1 N–H and O–H groups in total. The summed E-state index contributed by atoms with van der Waals surface area (Å²) in [6.07, 6.45) is 3.95. The van der Waals surface area contributed by atoms with E-state index in [9.17, 15) is 4.79 Å². The summed E-state index contributed by atoms with van der Waals surface area (Å²) in [5, 5.41) is 11.0. The molecule has 0 unspecified atom stereocenters. The minimum Gasteiger partial charge on any atom is -0.421 e. The average molecular weight is 339 g/mol. The van der Waals surface area contributed by atoms with Crippen LogP contribution in [-0.4, -0.2) is 22.6 Å². The molecule has 6 heteroatoms. The van der Waals surface area contributed by atoms with Crippen molar-refractivity contribution in [1.29, 1.82) is 0 Å². The highest BCUT2D eigenvalue weighted by molar-refractivity contribution is 7.14. The lowest BCUT2D eigenvalue weighted by Crippen LogP contribution is -2.25. The predicted octanol–water partition coefficient (Wildman–Crippen LogP) is 3.26. The van der Waals surface area contributed by atoms with Gasteiger partial charge in [0.25, 0.3) is 5.91 Å². The molecule has 1 aliphatic carbocycles. The van der Waals surface area contributed by atoms with Gasteiger partial charge < -0.3 is 9.73 Å². The lowest BCUT2D eigenvalue weighted by molar-refractivity contribution is 0.0957. The van der Waals surface area contributed by atoms with Crippen LogP contribution in [0.3, 0.4) is 0 Å². The maximum atomic E-state index is 12.2. The van der Waals surface area contributed by atoms with Crippen LogP contribution in [0.15, 0.2) is 40.8 Å². The Kier molecular flexibility index (Phi) is 4.13. The molecule has 1 amide bonds. The van der Waals surface area contributed by atoms with E-state index in [1.165, 1.54) is 16.9 Å². The number of aryl methyl sites for hydroxylation is 2. The van der Waals surface area contributed by atoms with Crippen LogP contribution in [0.5, 0.6) is 0 Å². The van der Waals surface area contributed by atoms with Gasteiger partial charge in [0.2, 0.25) is 11.8 Å². The first-order valence-corrected chi connectivity index (χ1v) is 8.89. The summed E-state index contributed by atoms with van der Waals surface area (Å²) >= 11 is 1.61. The van der Waals surface area contributed by atoms with Gasteiger partial charge in [0.1, 0.15) is 0 Å². The largest absolute Gasteiger partial charge is 0.421 e. The van der Waals surface area contributed by atoms with Gasteiger partial charge in [-0.3, -0.25) is 4.79 Å². The van der Waals surface area contributed by atoms with Gasteiger partial charge in [0.05, 0.1) is 4.88 Å². The number of thiophene rings is 1. The van der Waals surface area contributed by atoms with Crippen molar-refractivity contribution >= 4 is 17.2 Å². The number of hydrogen-bond donors (Lipinski definition) is 1. The molecule has 0 atom stereocenters. The Bertz CT molecular complexity index is 833. The second-order valence-electron chi connectivity index (χ2n) is 5.79. The smallest absolute Gasteiger partial charge is 0.261 e. The molecule has 2 aromatic heterocycles. The number of amides is 1. The highest BCUT2D eigenvalue weighted by atomic mass is 32.1. The quantitative estimate of drug-likeness (QED) is 0.775. The van der Waals surface area contributed by atoms with E-state index in [4.69, 9.17) is 4.42 Å².